The van der Waals surface area contributed by atoms with Crippen molar-refractivity contribution in [3.63, 3.8) is 0 Å². The highest BCUT2D eigenvalue weighted by Gasteiger charge is 2.33. The number of carbonyl (C=O) groups is 1. The average Bonchev–Trinajstić information content (AvgIpc) is 3.01. The molecule has 0 aromatic heterocycles. The van der Waals surface area contributed by atoms with Crippen molar-refractivity contribution in [3.05, 3.63) is 73.2 Å². The molecule has 0 spiro atoms. The molecule has 25 heavy (non-hydrogen) atoms. The second-order valence-corrected chi connectivity index (χ2v) is 6.54. The molecule has 0 saturated carbocycles. The van der Waals surface area contributed by atoms with Crippen LogP contribution in [-0.4, -0.2) is 21.7 Å². The van der Waals surface area contributed by atoms with E-state index in [1.807, 2.05) is 12.1 Å². The first-order valence-corrected chi connectivity index (χ1v) is 8.29. The van der Waals surface area contributed by atoms with Gasteiger partial charge in [0.1, 0.15) is 5.02 Å². The van der Waals surface area contributed by atoms with Crippen LogP contribution < -0.4 is 0 Å². The number of nitro benzene ring substituents is 1. The Hall–Kier alpha value is -2.45. The minimum atomic E-state index is -0.740. The molecular weight excluding hydrogens is 414 g/mol. The van der Waals surface area contributed by atoms with Crippen LogP contribution in [0.3, 0.4) is 0 Å². The number of hydrogen-bond acceptors (Lipinski definition) is 5. The van der Waals surface area contributed by atoms with E-state index in [0.717, 1.165) is 10.0 Å². The van der Waals surface area contributed by atoms with Gasteiger partial charge in [0, 0.05) is 28.6 Å². The van der Waals surface area contributed by atoms with Gasteiger partial charge in [0.15, 0.2) is 0 Å². The summed E-state index contributed by atoms with van der Waals surface area (Å²) in [4.78, 5) is 22.4. The molecule has 1 aliphatic heterocycles. The first-order valence-electron chi connectivity index (χ1n) is 7.11. The molecule has 0 radical (unpaired) electrons. The lowest BCUT2D eigenvalue weighted by atomic mass is 10.2. The van der Waals surface area contributed by atoms with Crippen molar-refractivity contribution in [2.24, 2.45) is 5.10 Å². The monoisotopic (exact) mass is 423 g/mol. The summed E-state index contributed by atoms with van der Waals surface area (Å²) in [5, 5.41) is 16.4. The van der Waals surface area contributed by atoms with Gasteiger partial charge in [-0.25, -0.2) is 0 Å². The zero-order valence-electron chi connectivity index (χ0n) is 12.8. The van der Waals surface area contributed by atoms with Gasteiger partial charge in [-0.05, 0) is 24.3 Å². The SMILES string of the molecule is CC(=O)N1N=C(c2ccc(Cl)c([N+](=O)[O-])c2)O[C@H]1c1ccc(Br)cc1. The number of nitrogens with zero attached hydrogens (tertiary/aromatic N) is 3. The summed E-state index contributed by atoms with van der Waals surface area (Å²) in [5.74, 6) is -0.200. The molecule has 1 heterocycles. The number of nitro groups is 1. The van der Waals surface area contributed by atoms with E-state index in [1.54, 1.807) is 18.2 Å². The maximum atomic E-state index is 11.9. The van der Waals surface area contributed by atoms with Crippen LogP contribution in [0.25, 0.3) is 0 Å². The number of halogens is 2. The van der Waals surface area contributed by atoms with E-state index in [-0.39, 0.29) is 22.5 Å². The lowest BCUT2D eigenvalue weighted by Gasteiger charge is -2.19. The quantitative estimate of drug-likeness (QED) is 0.544. The van der Waals surface area contributed by atoms with E-state index in [4.69, 9.17) is 16.3 Å². The molecule has 9 heteroatoms. The Bertz CT molecular complexity index is 885. The summed E-state index contributed by atoms with van der Waals surface area (Å²) in [6, 6.07) is 11.5. The smallest absolute Gasteiger partial charge is 0.288 e. The van der Waals surface area contributed by atoms with E-state index >= 15 is 0 Å². The second kappa shape index (κ2) is 6.81. The molecule has 0 saturated heterocycles. The number of hydrazone groups is 1. The summed E-state index contributed by atoms with van der Waals surface area (Å²) < 4.78 is 6.68. The highest BCUT2D eigenvalue weighted by atomic mass is 79.9. The minimum absolute atomic E-state index is 0.0141. The second-order valence-electron chi connectivity index (χ2n) is 5.21. The lowest BCUT2D eigenvalue weighted by molar-refractivity contribution is -0.384. The molecule has 0 bridgehead atoms. The fraction of sp³-hybridized carbons (Fsp3) is 0.125. The molecule has 1 amide bonds. The topological polar surface area (TPSA) is 85.0 Å². The number of hydrogen-bond donors (Lipinski definition) is 0. The molecule has 0 aliphatic carbocycles. The van der Waals surface area contributed by atoms with Gasteiger partial charge in [0.2, 0.25) is 18.0 Å². The van der Waals surface area contributed by atoms with Crippen molar-refractivity contribution in [1.29, 1.82) is 0 Å². The Kier molecular flexibility index (Phi) is 4.73. The summed E-state index contributed by atoms with van der Waals surface area (Å²) in [7, 11) is 0. The Morgan fingerprint density at radius 3 is 2.60 bits per heavy atom. The first kappa shape index (κ1) is 17.4. The molecule has 1 aliphatic rings. The number of amides is 1. The van der Waals surface area contributed by atoms with Crippen LogP contribution in [0.2, 0.25) is 5.02 Å². The van der Waals surface area contributed by atoms with E-state index in [1.165, 1.54) is 24.1 Å². The van der Waals surface area contributed by atoms with Crippen molar-refractivity contribution in [2.45, 2.75) is 13.2 Å². The van der Waals surface area contributed by atoms with Gasteiger partial charge in [0.05, 0.1) is 4.92 Å². The third kappa shape index (κ3) is 3.49. The molecule has 7 nitrogen and oxygen atoms in total. The number of ether oxygens (including phenoxy) is 1. The Labute approximate surface area is 156 Å². The Morgan fingerprint density at radius 1 is 1.32 bits per heavy atom. The van der Waals surface area contributed by atoms with E-state index in [0.29, 0.717) is 5.56 Å². The minimum Gasteiger partial charge on any atom is -0.446 e. The van der Waals surface area contributed by atoms with Crippen LogP contribution >= 0.6 is 27.5 Å². The van der Waals surface area contributed by atoms with Crippen molar-refractivity contribution >= 4 is 45.0 Å². The van der Waals surface area contributed by atoms with Crippen LogP contribution in [-0.2, 0) is 9.53 Å². The van der Waals surface area contributed by atoms with Crippen LogP contribution in [0.1, 0.15) is 24.3 Å². The maximum Gasteiger partial charge on any atom is 0.288 e. The third-order valence-corrected chi connectivity index (χ3v) is 4.36. The van der Waals surface area contributed by atoms with E-state index in [2.05, 4.69) is 21.0 Å². The van der Waals surface area contributed by atoms with Gasteiger partial charge in [-0.2, -0.15) is 5.01 Å². The molecule has 2 aromatic carbocycles. The average molecular weight is 425 g/mol. The van der Waals surface area contributed by atoms with Crippen LogP contribution in [0.5, 0.6) is 0 Å². The summed E-state index contributed by atoms with van der Waals surface area (Å²) in [6.45, 7) is 1.37. The molecule has 2 aromatic rings. The maximum absolute atomic E-state index is 11.9. The van der Waals surface area contributed by atoms with Crippen molar-refractivity contribution in [1.82, 2.24) is 5.01 Å². The summed E-state index contributed by atoms with van der Waals surface area (Å²) >= 11 is 9.17. The largest absolute Gasteiger partial charge is 0.446 e. The van der Waals surface area contributed by atoms with Gasteiger partial charge in [-0.15, -0.1) is 5.10 Å². The van der Waals surface area contributed by atoms with Gasteiger partial charge in [-0.3, -0.25) is 14.9 Å². The predicted octanol–water partition coefficient (Wildman–Crippen LogP) is 4.25. The van der Waals surface area contributed by atoms with E-state index in [9.17, 15) is 14.9 Å². The summed E-state index contributed by atoms with van der Waals surface area (Å²) in [6.07, 6.45) is -0.740. The zero-order chi connectivity index (χ0) is 18.1. The molecule has 0 N–H and O–H groups in total. The van der Waals surface area contributed by atoms with Gasteiger partial charge in [0.25, 0.3) is 5.69 Å². The fourth-order valence-electron chi connectivity index (χ4n) is 2.31. The molecule has 0 fully saturated rings. The number of carbonyl (C=O) groups excluding carboxylic acids is 1. The van der Waals surface area contributed by atoms with Crippen molar-refractivity contribution in [2.75, 3.05) is 0 Å². The molecule has 128 valence electrons. The zero-order valence-corrected chi connectivity index (χ0v) is 15.2. The van der Waals surface area contributed by atoms with Crippen molar-refractivity contribution in [3.8, 4) is 0 Å². The van der Waals surface area contributed by atoms with Gasteiger partial charge in [-0.1, -0.05) is 39.7 Å². The summed E-state index contributed by atoms with van der Waals surface area (Å²) in [5.41, 5.74) is 0.828. The standard InChI is InChI=1S/C16H11BrClN3O4/c1-9(22)20-16(10-2-5-12(17)6-3-10)25-15(19-20)11-4-7-13(18)14(8-11)21(23)24/h2-8,16H,1H3/t16-/m0/s1. The highest BCUT2D eigenvalue weighted by Crippen LogP contribution is 2.33. The highest BCUT2D eigenvalue weighted by molar-refractivity contribution is 9.10. The molecule has 3 rings (SSSR count). The molecule has 1 atom stereocenters. The Balaban J connectivity index is 1.97. The number of rotatable bonds is 3. The molecular formula is C16H11BrClN3O4. The normalized spacial score (nSPS) is 16.4. The van der Waals surface area contributed by atoms with Crippen LogP contribution in [0.4, 0.5) is 5.69 Å². The van der Waals surface area contributed by atoms with Crippen LogP contribution in [0.15, 0.2) is 52.0 Å². The van der Waals surface area contributed by atoms with E-state index < -0.39 is 11.2 Å². The fourth-order valence-corrected chi connectivity index (χ4v) is 2.76. The van der Waals surface area contributed by atoms with Crippen molar-refractivity contribution < 1.29 is 14.5 Å². The molecule has 0 unspecified atom stereocenters. The number of benzene rings is 2. The lowest BCUT2D eigenvalue weighted by Crippen LogP contribution is -2.25. The van der Waals surface area contributed by atoms with Crippen LogP contribution in [0, 0.1) is 10.1 Å². The first-order chi connectivity index (χ1) is 11.9. The Morgan fingerprint density at radius 2 is 2.00 bits per heavy atom. The predicted molar refractivity (Wildman–Crippen MR) is 95.1 cm³/mol. The van der Waals surface area contributed by atoms with Gasteiger partial charge >= 0.3 is 0 Å². The van der Waals surface area contributed by atoms with Gasteiger partial charge < -0.3 is 4.74 Å². The third-order valence-electron chi connectivity index (χ3n) is 3.51.